The molecule has 0 saturated carbocycles. The summed E-state index contributed by atoms with van der Waals surface area (Å²) in [6.45, 7) is 3.43. The molecule has 2 heterocycles. The van der Waals surface area contributed by atoms with Crippen LogP contribution in [0.2, 0.25) is 0 Å². The topological polar surface area (TPSA) is 42.4 Å². The highest BCUT2D eigenvalue weighted by Crippen LogP contribution is 2.36. The Morgan fingerprint density at radius 2 is 2.15 bits per heavy atom. The number of ether oxygens (including phenoxy) is 1. The van der Waals surface area contributed by atoms with E-state index in [1.807, 2.05) is 6.92 Å². The van der Waals surface area contributed by atoms with Gasteiger partial charge in [0.15, 0.2) is 0 Å². The first-order valence-corrected chi connectivity index (χ1v) is 9.58. The summed E-state index contributed by atoms with van der Waals surface area (Å²) in [7, 11) is 0. The molecule has 1 aromatic heterocycles. The fraction of sp³-hybridized carbons (Fsp3) is 0.368. The van der Waals surface area contributed by atoms with Crippen molar-refractivity contribution in [2.75, 3.05) is 25.4 Å². The molecule has 1 aliphatic rings. The molecule has 26 heavy (non-hydrogen) atoms. The highest BCUT2D eigenvalue weighted by Gasteiger charge is 2.25. The van der Waals surface area contributed by atoms with Crippen LogP contribution in [0.15, 0.2) is 36.5 Å². The summed E-state index contributed by atoms with van der Waals surface area (Å²) in [6, 6.07) is 6.90. The van der Waals surface area contributed by atoms with Crippen LogP contribution in [-0.4, -0.2) is 41.2 Å². The van der Waals surface area contributed by atoms with Crippen LogP contribution in [0.1, 0.15) is 34.5 Å². The minimum atomic E-state index is -0.445. The fourth-order valence-electron chi connectivity index (χ4n) is 2.91. The van der Waals surface area contributed by atoms with E-state index in [2.05, 4.69) is 4.98 Å². The quantitative estimate of drug-likeness (QED) is 0.804. The van der Waals surface area contributed by atoms with Gasteiger partial charge in [-0.05, 0) is 37.6 Å². The number of hydrogen-bond donors (Lipinski definition) is 0. The second-order valence-corrected chi connectivity index (χ2v) is 7.23. The summed E-state index contributed by atoms with van der Waals surface area (Å²) in [4.78, 5) is 18.6. The normalized spacial score (nSPS) is 17.7. The second kappa shape index (κ2) is 8.49. The standard InChI is InChI=1S/C19H20F2N2O2S/c1-2-25-18-6-3-13(12-22-18)19(24)23-8-7-17(26-10-9-23)15-11-14(20)4-5-16(15)21/h3-6,11-12,17H,2,7-10H2,1H3. The van der Waals surface area contributed by atoms with Crippen LogP contribution in [0.5, 0.6) is 5.88 Å². The number of carbonyl (C=O) groups is 1. The third-order valence-corrected chi connectivity index (χ3v) is 5.52. The minimum Gasteiger partial charge on any atom is -0.478 e. The zero-order chi connectivity index (χ0) is 18.5. The van der Waals surface area contributed by atoms with Gasteiger partial charge in [0.2, 0.25) is 5.88 Å². The highest BCUT2D eigenvalue weighted by molar-refractivity contribution is 7.99. The first-order chi connectivity index (χ1) is 12.6. The van der Waals surface area contributed by atoms with Gasteiger partial charge in [0.25, 0.3) is 5.91 Å². The highest BCUT2D eigenvalue weighted by atomic mass is 32.2. The van der Waals surface area contributed by atoms with E-state index in [4.69, 9.17) is 4.74 Å². The Kier molecular flexibility index (Phi) is 6.08. The molecule has 1 saturated heterocycles. The van der Waals surface area contributed by atoms with E-state index in [1.165, 1.54) is 12.3 Å². The van der Waals surface area contributed by atoms with Gasteiger partial charge < -0.3 is 9.64 Å². The van der Waals surface area contributed by atoms with E-state index in [0.29, 0.717) is 48.9 Å². The summed E-state index contributed by atoms with van der Waals surface area (Å²) in [5, 5.41) is -0.165. The molecule has 4 nitrogen and oxygen atoms in total. The monoisotopic (exact) mass is 378 g/mol. The van der Waals surface area contributed by atoms with Crippen LogP contribution in [0.4, 0.5) is 8.78 Å². The van der Waals surface area contributed by atoms with Gasteiger partial charge in [-0.25, -0.2) is 13.8 Å². The first kappa shape index (κ1) is 18.6. The molecular formula is C19H20F2N2O2S. The third-order valence-electron chi connectivity index (χ3n) is 4.21. The molecule has 3 rings (SSSR count). The van der Waals surface area contributed by atoms with Crippen molar-refractivity contribution in [3.8, 4) is 5.88 Å². The summed E-state index contributed by atoms with van der Waals surface area (Å²) in [6.07, 6.45) is 2.08. The lowest BCUT2D eigenvalue weighted by Crippen LogP contribution is -2.33. The Balaban J connectivity index is 1.68. The predicted molar refractivity (Wildman–Crippen MR) is 97.5 cm³/mol. The number of pyridine rings is 1. The van der Waals surface area contributed by atoms with E-state index in [1.54, 1.807) is 28.8 Å². The zero-order valence-corrected chi connectivity index (χ0v) is 15.3. The Morgan fingerprint density at radius 3 is 2.88 bits per heavy atom. The van der Waals surface area contributed by atoms with Crippen LogP contribution in [0.25, 0.3) is 0 Å². The molecule has 1 aromatic carbocycles. The van der Waals surface area contributed by atoms with Crippen LogP contribution in [-0.2, 0) is 0 Å². The number of benzene rings is 1. The van der Waals surface area contributed by atoms with E-state index in [0.717, 1.165) is 12.1 Å². The molecule has 0 aliphatic carbocycles. The van der Waals surface area contributed by atoms with E-state index < -0.39 is 11.6 Å². The average Bonchev–Trinajstić information content (AvgIpc) is 2.90. The average molecular weight is 378 g/mol. The molecule has 2 aromatic rings. The summed E-state index contributed by atoms with van der Waals surface area (Å²) in [5.74, 6) is 0.189. The molecule has 0 radical (unpaired) electrons. The Labute approximate surface area is 155 Å². The number of aromatic nitrogens is 1. The van der Waals surface area contributed by atoms with Crippen molar-refractivity contribution in [3.63, 3.8) is 0 Å². The van der Waals surface area contributed by atoms with Crippen LogP contribution in [0, 0.1) is 11.6 Å². The first-order valence-electron chi connectivity index (χ1n) is 8.53. The largest absolute Gasteiger partial charge is 0.478 e. The smallest absolute Gasteiger partial charge is 0.255 e. The van der Waals surface area contributed by atoms with Gasteiger partial charge in [-0.15, -0.1) is 0 Å². The minimum absolute atomic E-state index is 0.110. The van der Waals surface area contributed by atoms with Gasteiger partial charge in [0.1, 0.15) is 11.6 Å². The van der Waals surface area contributed by atoms with Gasteiger partial charge in [-0.3, -0.25) is 4.79 Å². The number of nitrogens with zero attached hydrogens (tertiary/aromatic N) is 2. The van der Waals surface area contributed by atoms with E-state index in [9.17, 15) is 13.6 Å². The second-order valence-electron chi connectivity index (χ2n) is 5.92. The molecule has 0 N–H and O–H groups in total. The van der Waals surface area contributed by atoms with Crippen molar-refractivity contribution in [1.29, 1.82) is 0 Å². The number of halogens is 2. The molecule has 1 fully saturated rings. The third kappa shape index (κ3) is 4.33. The van der Waals surface area contributed by atoms with Gasteiger partial charge >= 0.3 is 0 Å². The van der Waals surface area contributed by atoms with Gasteiger partial charge in [-0.2, -0.15) is 11.8 Å². The number of thioether (sulfide) groups is 1. The molecule has 1 aliphatic heterocycles. The van der Waals surface area contributed by atoms with Gasteiger partial charge in [0.05, 0.1) is 12.2 Å². The lowest BCUT2D eigenvalue weighted by atomic mass is 10.1. The van der Waals surface area contributed by atoms with Crippen LogP contribution >= 0.6 is 11.8 Å². The molecule has 1 amide bonds. The molecule has 1 unspecified atom stereocenters. The molecule has 138 valence electrons. The van der Waals surface area contributed by atoms with Gasteiger partial charge in [-0.1, -0.05) is 0 Å². The SMILES string of the molecule is CCOc1ccc(C(=O)N2CCSC(c3cc(F)ccc3F)CC2)cn1. The lowest BCUT2D eigenvalue weighted by molar-refractivity contribution is 0.0766. The van der Waals surface area contributed by atoms with Crippen LogP contribution < -0.4 is 4.74 Å². The Hall–Kier alpha value is -2.15. The Bertz CT molecular complexity index is 771. The number of amides is 1. The maximum atomic E-state index is 14.0. The van der Waals surface area contributed by atoms with Gasteiger partial charge in [0, 0.05) is 41.9 Å². The van der Waals surface area contributed by atoms with E-state index >= 15 is 0 Å². The van der Waals surface area contributed by atoms with E-state index in [-0.39, 0.29) is 11.2 Å². The molecule has 0 bridgehead atoms. The fourth-order valence-corrected chi connectivity index (χ4v) is 4.15. The van der Waals surface area contributed by atoms with Crippen molar-refractivity contribution in [2.24, 2.45) is 0 Å². The number of carbonyl (C=O) groups excluding carboxylic acids is 1. The number of hydrogen-bond acceptors (Lipinski definition) is 4. The summed E-state index contributed by atoms with van der Waals surface area (Å²) in [5.41, 5.74) is 0.862. The molecule has 0 spiro atoms. The molecule has 1 atom stereocenters. The molecular weight excluding hydrogens is 358 g/mol. The summed E-state index contributed by atoms with van der Waals surface area (Å²) >= 11 is 1.55. The zero-order valence-electron chi connectivity index (χ0n) is 14.5. The van der Waals surface area contributed by atoms with Crippen molar-refractivity contribution in [3.05, 3.63) is 59.3 Å². The van der Waals surface area contributed by atoms with Crippen molar-refractivity contribution < 1.29 is 18.3 Å². The summed E-state index contributed by atoms with van der Waals surface area (Å²) < 4.78 is 32.8. The maximum Gasteiger partial charge on any atom is 0.255 e. The van der Waals surface area contributed by atoms with Crippen molar-refractivity contribution >= 4 is 17.7 Å². The van der Waals surface area contributed by atoms with Crippen LogP contribution in [0.3, 0.4) is 0 Å². The lowest BCUT2D eigenvalue weighted by Gasteiger charge is -2.20. The number of rotatable bonds is 4. The maximum absolute atomic E-state index is 14.0. The van der Waals surface area contributed by atoms with Crippen molar-refractivity contribution in [1.82, 2.24) is 9.88 Å². The predicted octanol–water partition coefficient (Wildman–Crippen LogP) is 4.08. The van der Waals surface area contributed by atoms with Crippen molar-refractivity contribution in [2.45, 2.75) is 18.6 Å². The Morgan fingerprint density at radius 1 is 1.31 bits per heavy atom. The molecule has 7 heteroatoms.